The number of carbonyl (C=O) groups is 3. The molecule has 0 radical (unpaired) electrons. The Morgan fingerprint density at radius 2 is 1.96 bits per heavy atom. The van der Waals surface area contributed by atoms with E-state index in [1.165, 1.54) is 0 Å². The standard InChI is InChI=1S/C18H24N2O4/c1-18(2,9-8-16(22)23)19-17(24)14-10-15(21)20(12-14)11-13-6-4-3-5-7-13/h3-7,14H,8-12H2,1-2H3,(H,19,24)(H,22,23)/t14-/m1/s1. The van der Waals surface area contributed by atoms with E-state index in [4.69, 9.17) is 5.11 Å². The zero-order chi connectivity index (χ0) is 17.7. The van der Waals surface area contributed by atoms with E-state index in [0.717, 1.165) is 5.56 Å². The van der Waals surface area contributed by atoms with Gasteiger partial charge in [-0.25, -0.2) is 0 Å². The molecule has 0 bridgehead atoms. The quantitative estimate of drug-likeness (QED) is 0.797. The molecule has 6 nitrogen and oxygen atoms in total. The minimum absolute atomic E-state index is 0.00297. The first-order valence-corrected chi connectivity index (χ1v) is 8.12. The third-order valence-corrected chi connectivity index (χ3v) is 4.23. The Kier molecular flexibility index (Phi) is 5.59. The highest BCUT2D eigenvalue weighted by atomic mass is 16.4. The molecule has 6 heteroatoms. The van der Waals surface area contributed by atoms with Gasteiger partial charge in [-0.1, -0.05) is 30.3 Å². The predicted octanol–water partition coefficient (Wildman–Crippen LogP) is 1.79. The van der Waals surface area contributed by atoms with Gasteiger partial charge in [0.1, 0.15) is 0 Å². The van der Waals surface area contributed by atoms with Crippen molar-refractivity contribution in [3.63, 3.8) is 0 Å². The van der Waals surface area contributed by atoms with E-state index in [-0.39, 0.29) is 30.6 Å². The Morgan fingerprint density at radius 3 is 2.58 bits per heavy atom. The molecule has 0 unspecified atom stereocenters. The minimum atomic E-state index is -0.887. The van der Waals surface area contributed by atoms with Crippen molar-refractivity contribution in [1.82, 2.24) is 10.2 Å². The van der Waals surface area contributed by atoms with E-state index < -0.39 is 11.5 Å². The average Bonchev–Trinajstić information content (AvgIpc) is 2.87. The summed E-state index contributed by atoms with van der Waals surface area (Å²) < 4.78 is 0. The first-order chi connectivity index (χ1) is 11.3. The highest BCUT2D eigenvalue weighted by Crippen LogP contribution is 2.22. The topological polar surface area (TPSA) is 86.7 Å². The molecule has 1 atom stereocenters. The average molecular weight is 332 g/mol. The van der Waals surface area contributed by atoms with Crippen LogP contribution in [0.15, 0.2) is 30.3 Å². The Bertz CT molecular complexity index is 613. The number of rotatable bonds is 7. The van der Waals surface area contributed by atoms with Gasteiger partial charge in [0.15, 0.2) is 0 Å². The van der Waals surface area contributed by atoms with Gasteiger partial charge < -0.3 is 15.3 Å². The van der Waals surface area contributed by atoms with Crippen LogP contribution in [0.5, 0.6) is 0 Å². The molecule has 0 aromatic heterocycles. The third-order valence-electron chi connectivity index (χ3n) is 4.23. The third kappa shape index (κ3) is 5.08. The van der Waals surface area contributed by atoms with Gasteiger partial charge >= 0.3 is 5.97 Å². The maximum Gasteiger partial charge on any atom is 0.303 e. The van der Waals surface area contributed by atoms with Crippen LogP contribution in [0, 0.1) is 5.92 Å². The smallest absolute Gasteiger partial charge is 0.303 e. The lowest BCUT2D eigenvalue weighted by atomic mass is 9.96. The molecule has 2 rings (SSSR count). The van der Waals surface area contributed by atoms with Crippen molar-refractivity contribution in [2.75, 3.05) is 6.54 Å². The maximum atomic E-state index is 12.4. The number of aliphatic carboxylic acids is 1. The first-order valence-electron chi connectivity index (χ1n) is 8.12. The van der Waals surface area contributed by atoms with E-state index in [0.29, 0.717) is 19.5 Å². The van der Waals surface area contributed by atoms with Gasteiger partial charge in [-0.05, 0) is 25.8 Å². The molecule has 1 heterocycles. The zero-order valence-electron chi connectivity index (χ0n) is 14.1. The molecule has 1 saturated heterocycles. The van der Waals surface area contributed by atoms with E-state index in [1.807, 2.05) is 30.3 Å². The summed E-state index contributed by atoms with van der Waals surface area (Å²) in [4.78, 5) is 36.9. The van der Waals surface area contributed by atoms with Gasteiger partial charge in [0.25, 0.3) is 0 Å². The number of carboxylic acids is 1. The zero-order valence-corrected chi connectivity index (χ0v) is 14.1. The van der Waals surface area contributed by atoms with Crippen molar-refractivity contribution in [3.05, 3.63) is 35.9 Å². The van der Waals surface area contributed by atoms with Crippen LogP contribution in [0.2, 0.25) is 0 Å². The van der Waals surface area contributed by atoms with Gasteiger partial charge in [0.2, 0.25) is 11.8 Å². The number of amides is 2. The van der Waals surface area contributed by atoms with Crippen LogP contribution in [0.3, 0.4) is 0 Å². The number of nitrogens with zero attached hydrogens (tertiary/aromatic N) is 1. The number of carbonyl (C=O) groups excluding carboxylic acids is 2. The fraction of sp³-hybridized carbons (Fsp3) is 0.500. The van der Waals surface area contributed by atoms with Gasteiger partial charge in [0.05, 0.1) is 5.92 Å². The van der Waals surface area contributed by atoms with Crippen molar-refractivity contribution in [1.29, 1.82) is 0 Å². The number of hydrogen-bond acceptors (Lipinski definition) is 3. The van der Waals surface area contributed by atoms with Gasteiger partial charge in [-0.3, -0.25) is 14.4 Å². The molecule has 2 amide bonds. The summed E-state index contributed by atoms with van der Waals surface area (Å²) in [6.45, 7) is 4.50. The summed E-state index contributed by atoms with van der Waals surface area (Å²) in [7, 11) is 0. The van der Waals surface area contributed by atoms with Crippen LogP contribution in [0.1, 0.15) is 38.7 Å². The van der Waals surface area contributed by atoms with E-state index in [9.17, 15) is 14.4 Å². The Balaban J connectivity index is 1.90. The Morgan fingerprint density at radius 1 is 1.29 bits per heavy atom. The Labute approximate surface area is 141 Å². The molecular weight excluding hydrogens is 308 g/mol. The first kappa shape index (κ1) is 18.0. The largest absolute Gasteiger partial charge is 0.481 e. The van der Waals surface area contributed by atoms with Crippen molar-refractivity contribution in [2.45, 2.75) is 45.2 Å². The van der Waals surface area contributed by atoms with Gasteiger partial charge in [-0.15, -0.1) is 0 Å². The summed E-state index contributed by atoms with van der Waals surface area (Å²) in [6.07, 6.45) is 0.549. The van der Waals surface area contributed by atoms with Gasteiger partial charge in [-0.2, -0.15) is 0 Å². The van der Waals surface area contributed by atoms with Crippen molar-refractivity contribution >= 4 is 17.8 Å². The van der Waals surface area contributed by atoms with Crippen molar-refractivity contribution in [3.8, 4) is 0 Å². The minimum Gasteiger partial charge on any atom is -0.481 e. The summed E-state index contributed by atoms with van der Waals surface area (Å²) >= 11 is 0. The van der Waals surface area contributed by atoms with E-state index >= 15 is 0 Å². The molecule has 0 saturated carbocycles. The van der Waals surface area contributed by atoms with Crippen LogP contribution < -0.4 is 5.32 Å². The lowest BCUT2D eigenvalue weighted by Gasteiger charge is -2.27. The van der Waals surface area contributed by atoms with Crippen LogP contribution in [0.4, 0.5) is 0 Å². The van der Waals surface area contributed by atoms with Crippen LogP contribution in [-0.4, -0.2) is 39.9 Å². The SMILES string of the molecule is CC(C)(CCC(=O)O)NC(=O)[C@@H]1CC(=O)N(Cc2ccccc2)C1. The Hall–Kier alpha value is -2.37. The second-order valence-corrected chi connectivity index (χ2v) is 6.93. The normalized spacial score (nSPS) is 17.8. The number of hydrogen-bond donors (Lipinski definition) is 2. The van der Waals surface area contributed by atoms with E-state index in [1.54, 1.807) is 18.7 Å². The molecule has 1 aromatic carbocycles. The summed E-state index contributed by atoms with van der Waals surface area (Å²) in [6, 6.07) is 9.67. The summed E-state index contributed by atoms with van der Waals surface area (Å²) in [5.41, 5.74) is 0.430. The molecule has 24 heavy (non-hydrogen) atoms. The fourth-order valence-corrected chi connectivity index (χ4v) is 2.82. The van der Waals surface area contributed by atoms with Crippen LogP contribution >= 0.6 is 0 Å². The highest BCUT2D eigenvalue weighted by Gasteiger charge is 2.36. The lowest BCUT2D eigenvalue weighted by Crippen LogP contribution is -2.46. The molecule has 1 aliphatic heterocycles. The fourth-order valence-electron chi connectivity index (χ4n) is 2.82. The maximum absolute atomic E-state index is 12.4. The number of likely N-dealkylation sites (tertiary alicyclic amines) is 1. The monoisotopic (exact) mass is 332 g/mol. The lowest BCUT2D eigenvalue weighted by molar-refractivity contribution is -0.138. The van der Waals surface area contributed by atoms with Crippen LogP contribution in [-0.2, 0) is 20.9 Å². The summed E-state index contributed by atoms with van der Waals surface area (Å²) in [5.74, 6) is -1.48. The van der Waals surface area contributed by atoms with Crippen molar-refractivity contribution < 1.29 is 19.5 Å². The highest BCUT2D eigenvalue weighted by molar-refractivity contribution is 5.89. The second kappa shape index (κ2) is 7.47. The molecule has 130 valence electrons. The molecule has 1 aliphatic rings. The molecule has 0 spiro atoms. The molecule has 1 aromatic rings. The van der Waals surface area contributed by atoms with Gasteiger partial charge in [0, 0.05) is 31.5 Å². The van der Waals surface area contributed by atoms with E-state index in [2.05, 4.69) is 5.32 Å². The predicted molar refractivity (Wildman–Crippen MR) is 89.1 cm³/mol. The molecule has 0 aliphatic carbocycles. The number of benzene rings is 1. The molecule has 2 N–H and O–H groups in total. The number of carboxylic acid groups (broad SMARTS) is 1. The molecule has 1 fully saturated rings. The van der Waals surface area contributed by atoms with Crippen molar-refractivity contribution in [2.24, 2.45) is 5.92 Å². The van der Waals surface area contributed by atoms with Crippen LogP contribution in [0.25, 0.3) is 0 Å². The second-order valence-electron chi connectivity index (χ2n) is 6.93. The molecular formula is C18H24N2O4. The number of nitrogens with one attached hydrogen (secondary N) is 1. The summed E-state index contributed by atoms with van der Waals surface area (Å²) in [5, 5.41) is 11.6.